The third-order valence-electron chi connectivity index (χ3n) is 1.43. The molecule has 0 saturated carbocycles. The third kappa shape index (κ3) is 3.51. The molecule has 0 aliphatic carbocycles. The molecule has 1 heteroatoms. The quantitative estimate of drug-likeness (QED) is 0.574. The maximum atomic E-state index is 4.25. The van der Waals surface area contributed by atoms with Crippen LogP contribution in [0.4, 0.5) is 0 Å². The molecule has 1 aromatic heterocycles. The zero-order valence-electron chi connectivity index (χ0n) is 6.76. The highest BCUT2D eigenvalue weighted by Gasteiger charge is 2.13. The van der Waals surface area contributed by atoms with Crippen LogP contribution in [0.1, 0.15) is 41.3 Å². The van der Waals surface area contributed by atoms with E-state index in [-0.39, 0.29) is 20.3 Å². The van der Waals surface area contributed by atoms with Gasteiger partial charge in [0, 0.05) is 17.3 Å². The summed E-state index contributed by atoms with van der Waals surface area (Å²) in [6.45, 7) is 6.49. The molecule has 0 atom stereocenters. The van der Waals surface area contributed by atoms with Crippen molar-refractivity contribution in [3.63, 3.8) is 0 Å². The topological polar surface area (TPSA) is 12.9 Å². The Hall–Kier alpha value is -0.850. The monoisotopic (exact) mass is 167 g/mol. The van der Waals surface area contributed by atoms with Gasteiger partial charge in [0.15, 0.2) is 0 Å². The average Bonchev–Trinajstić information content (AvgIpc) is 1.88. The first-order valence-electron chi connectivity index (χ1n) is 3.52. The Morgan fingerprint density at radius 3 is 1.92 bits per heavy atom. The number of rotatable bonds is 0. The van der Waals surface area contributed by atoms with Crippen molar-refractivity contribution in [2.24, 2.45) is 0 Å². The van der Waals surface area contributed by atoms with Crippen molar-refractivity contribution in [1.29, 1.82) is 0 Å². The van der Waals surface area contributed by atoms with Crippen molar-refractivity contribution in [2.75, 3.05) is 0 Å². The summed E-state index contributed by atoms with van der Waals surface area (Å²) in [5.41, 5.74) is 1.33. The molecule has 0 aromatic carbocycles. The van der Waals surface area contributed by atoms with Gasteiger partial charge in [-0.3, -0.25) is 4.98 Å². The molecule has 0 saturated heterocycles. The van der Waals surface area contributed by atoms with Crippen LogP contribution >= 0.6 is 0 Å². The molecule has 0 spiro atoms. The lowest BCUT2D eigenvalue weighted by atomic mass is 9.92. The minimum atomic E-state index is 0. The zero-order chi connectivity index (χ0) is 7.61. The van der Waals surface area contributed by atoms with Crippen LogP contribution in [0.25, 0.3) is 0 Å². The summed E-state index contributed by atoms with van der Waals surface area (Å²) >= 11 is 0. The van der Waals surface area contributed by atoms with Gasteiger partial charge in [-0.2, -0.15) is 0 Å². The van der Waals surface area contributed by atoms with Crippen molar-refractivity contribution >= 4 is 0 Å². The van der Waals surface area contributed by atoms with Crippen LogP contribution in [0.3, 0.4) is 0 Å². The molecule has 1 nitrogen and oxygen atoms in total. The van der Waals surface area contributed by atoms with E-state index in [1.54, 1.807) is 0 Å². The molecule has 0 aliphatic rings. The van der Waals surface area contributed by atoms with E-state index in [1.807, 2.05) is 18.3 Å². The molecule has 1 rings (SSSR count). The summed E-state index contributed by atoms with van der Waals surface area (Å²) in [6.07, 6.45) is 1.83. The summed E-state index contributed by atoms with van der Waals surface area (Å²) in [5.74, 6) is 0. The van der Waals surface area contributed by atoms with E-state index >= 15 is 0 Å². The van der Waals surface area contributed by atoms with Gasteiger partial charge in [-0.25, -0.2) is 0 Å². The molecule has 1 aromatic rings. The number of hydrogen-bond acceptors (Lipinski definition) is 1. The highest BCUT2D eigenvalue weighted by atomic mass is 14.7. The lowest BCUT2D eigenvalue weighted by Gasteiger charge is -2.16. The smallest absolute Gasteiger partial charge is 0.0457 e. The Bertz CT molecular complexity index is 196. The van der Waals surface area contributed by atoms with Crippen LogP contribution in [0.15, 0.2) is 24.4 Å². The lowest BCUT2D eigenvalue weighted by molar-refractivity contribution is 0.569. The highest BCUT2D eigenvalue weighted by Crippen LogP contribution is 2.18. The lowest BCUT2D eigenvalue weighted by Crippen LogP contribution is -2.12. The standard InChI is InChI=1S/C9H13N.2CH4/c1-9(2,3)8-6-4-5-7-10-8;;/h4-7H,1-3H3;2*1H4. The summed E-state index contributed by atoms with van der Waals surface area (Å²) < 4.78 is 0. The van der Waals surface area contributed by atoms with Gasteiger partial charge in [-0.1, -0.05) is 41.7 Å². The molecule has 12 heavy (non-hydrogen) atoms. The molecular formula is C11H21N. The number of hydrogen-bond donors (Lipinski definition) is 0. The normalized spacial score (nSPS) is 9.58. The minimum Gasteiger partial charge on any atom is -0.261 e. The SMILES string of the molecule is C.C.CC(C)(C)c1ccccn1. The van der Waals surface area contributed by atoms with Crippen LogP contribution in [0.2, 0.25) is 0 Å². The molecule has 0 radical (unpaired) electrons. The highest BCUT2D eigenvalue weighted by molar-refractivity contribution is 5.12. The van der Waals surface area contributed by atoms with Gasteiger partial charge in [0.25, 0.3) is 0 Å². The second kappa shape index (κ2) is 4.91. The fraction of sp³-hybridized carbons (Fsp3) is 0.545. The Morgan fingerprint density at radius 1 is 1.08 bits per heavy atom. The summed E-state index contributed by atoms with van der Waals surface area (Å²) in [5, 5.41) is 0. The number of aromatic nitrogens is 1. The van der Waals surface area contributed by atoms with Gasteiger partial charge < -0.3 is 0 Å². The summed E-state index contributed by atoms with van der Waals surface area (Å²) in [4.78, 5) is 4.25. The first-order valence-corrected chi connectivity index (χ1v) is 3.52. The average molecular weight is 167 g/mol. The van der Waals surface area contributed by atoms with Crippen LogP contribution in [0.5, 0.6) is 0 Å². The van der Waals surface area contributed by atoms with Crippen molar-refractivity contribution in [1.82, 2.24) is 4.98 Å². The molecule has 1 heterocycles. The molecule has 0 unspecified atom stereocenters. The maximum absolute atomic E-state index is 4.25. The number of nitrogens with zero attached hydrogens (tertiary/aromatic N) is 1. The van der Waals surface area contributed by atoms with E-state index in [1.165, 1.54) is 0 Å². The predicted octanol–water partition coefficient (Wildman–Crippen LogP) is 3.65. The fourth-order valence-electron chi connectivity index (χ4n) is 0.806. The van der Waals surface area contributed by atoms with Gasteiger partial charge in [0.2, 0.25) is 0 Å². The molecule has 0 amide bonds. The Kier molecular flexibility index (Phi) is 5.62. The van der Waals surface area contributed by atoms with Crippen LogP contribution < -0.4 is 0 Å². The Labute approximate surface area is 76.9 Å². The Morgan fingerprint density at radius 2 is 1.67 bits per heavy atom. The van der Waals surface area contributed by atoms with Gasteiger partial charge >= 0.3 is 0 Å². The van der Waals surface area contributed by atoms with E-state index in [9.17, 15) is 0 Å². The minimum absolute atomic E-state index is 0. The predicted molar refractivity (Wildman–Crippen MR) is 56.4 cm³/mol. The van der Waals surface area contributed by atoms with E-state index < -0.39 is 0 Å². The molecule has 0 fully saturated rings. The summed E-state index contributed by atoms with van der Waals surface area (Å²) in [7, 11) is 0. The van der Waals surface area contributed by atoms with Crippen molar-refractivity contribution in [3.05, 3.63) is 30.1 Å². The van der Waals surface area contributed by atoms with Gasteiger partial charge in [0.1, 0.15) is 0 Å². The van der Waals surface area contributed by atoms with Crippen molar-refractivity contribution in [2.45, 2.75) is 41.0 Å². The zero-order valence-corrected chi connectivity index (χ0v) is 6.76. The van der Waals surface area contributed by atoms with Crippen LogP contribution in [-0.2, 0) is 5.41 Å². The molecule has 70 valence electrons. The molecule has 0 bridgehead atoms. The largest absolute Gasteiger partial charge is 0.261 e. The van der Waals surface area contributed by atoms with E-state index in [4.69, 9.17) is 0 Å². The first kappa shape index (κ1) is 13.7. The Balaban J connectivity index is 0. The van der Waals surface area contributed by atoms with E-state index in [0.29, 0.717) is 0 Å². The van der Waals surface area contributed by atoms with E-state index in [2.05, 4.69) is 31.8 Å². The maximum Gasteiger partial charge on any atom is 0.0457 e. The summed E-state index contributed by atoms with van der Waals surface area (Å²) in [6, 6.07) is 6.02. The van der Waals surface area contributed by atoms with Gasteiger partial charge in [-0.15, -0.1) is 0 Å². The fourth-order valence-corrected chi connectivity index (χ4v) is 0.806. The van der Waals surface area contributed by atoms with E-state index in [0.717, 1.165) is 5.69 Å². The first-order chi connectivity index (χ1) is 4.61. The second-order valence-electron chi connectivity index (χ2n) is 3.46. The molecular weight excluding hydrogens is 146 g/mol. The van der Waals surface area contributed by atoms with Crippen LogP contribution in [0, 0.1) is 0 Å². The van der Waals surface area contributed by atoms with Crippen LogP contribution in [-0.4, -0.2) is 4.98 Å². The third-order valence-corrected chi connectivity index (χ3v) is 1.43. The van der Waals surface area contributed by atoms with Crippen molar-refractivity contribution in [3.8, 4) is 0 Å². The second-order valence-corrected chi connectivity index (χ2v) is 3.46. The molecule has 0 aliphatic heterocycles. The molecule has 0 N–H and O–H groups in total. The van der Waals surface area contributed by atoms with Gasteiger partial charge in [0.05, 0.1) is 0 Å². The number of pyridine rings is 1. The van der Waals surface area contributed by atoms with Gasteiger partial charge in [-0.05, 0) is 12.1 Å². The van der Waals surface area contributed by atoms with Crippen molar-refractivity contribution < 1.29 is 0 Å².